The number of aryl methyl sites for hydroxylation is 1. The largest absolute Gasteiger partial charge is 0.478 e. The maximum absolute atomic E-state index is 11.6. The van der Waals surface area contributed by atoms with E-state index in [0.717, 1.165) is 5.56 Å². The molecule has 1 aliphatic rings. The van der Waals surface area contributed by atoms with Crippen LogP contribution in [0.3, 0.4) is 0 Å². The number of carbonyl (C=O) groups excluding carboxylic acids is 2. The van der Waals surface area contributed by atoms with Gasteiger partial charge in [-0.1, -0.05) is 19.1 Å². The summed E-state index contributed by atoms with van der Waals surface area (Å²) >= 11 is 0. The van der Waals surface area contributed by atoms with Crippen molar-refractivity contribution in [1.82, 2.24) is 10.6 Å². The number of carbonyl (C=O) groups is 3. The monoisotopic (exact) mass is 248 g/mol. The molecule has 0 saturated carbocycles. The molecule has 1 aromatic carbocycles. The Balaban J connectivity index is 2.57. The van der Waals surface area contributed by atoms with E-state index in [1.165, 1.54) is 6.07 Å². The first-order chi connectivity index (χ1) is 8.54. The third-order valence-electron chi connectivity index (χ3n) is 2.87. The second-order valence-electron chi connectivity index (χ2n) is 3.93. The van der Waals surface area contributed by atoms with E-state index in [9.17, 15) is 14.4 Å². The third-order valence-corrected chi connectivity index (χ3v) is 2.87. The first-order valence-electron chi connectivity index (χ1n) is 5.51. The number of amides is 3. The Morgan fingerprint density at radius 3 is 2.61 bits per heavy atom. The highest BCUT2D eigenvalue weighted by Gasteiger charge is 2.34. The number of hydrogen-bond donors (Lipinski definition) is 3. The van der Waals surface area contributed by atoms with Crippen LogP contribution in [0, 0.1) is 0 Å². The normalized spacial score (nSPS) is 18.4. The van der Waals surface area contributed by atoms with Gasteiger partial charge in [-0.05, 0) is 18.1 Å². The number of benzene rings is 1. The molecule has 3 N–H and O–H groups in total. The van der Waals surface area contributed by atoms with Gasteiger partial charge in [0, 0.05) is 5.56 Å². The Labute approximate surface area is 103 Å². The average Bonchev–Trinajstić information content (AvgIpc) is 2.67. The van der Waals surface area contributed by atoms with Gasteiger partial charge in [0.05, 0.1) is 5.56 Å². The zero-order valence-electron chi connectivity index (χ0n) is 9.69. The van der Waals surface area contributed by atoms with Crippen LogP contribution in [0.4, 0.5) is 4.79 Å². The number of urea groups is 1. The van der Waals surface area contributed by atoms with Crippen LogP contribution >= 0.6 is 0 Å². The Morgan fingerprint density at radius 1 is 1.39 bits per heavy atom. The topological polar surface area (TPSA) is 95.5 Å². The number of nitrogens with one attached hydrogen (secondary N) is 2. The quantitative estimate of drug-likeness (QED) is 0.690. The van der Waals surface area contributed by atoms with Crippen LogP contribution in [-0.4, -0.2) is 23.0 Å². The van der Waals surface area contributed by atoms with Gasteiger partial charge in [0.1, 0.15) is 6.04 Å². The fourth-order valence-corrected chi connectivity index (χ4v) is 2.07. The highest BCUT2D eigenvalue weighted by atomic mass is 16.4. The van der Waals surface area contributed by atoms with Crippen molar-refractivity contribution in [3.8, 4) is 0 Å². The van der Waals surface area contributed by atoms with E-state index in [1.54, 1.807) is 12.1 Å². The maximum Gasteiger partial charge on any atom is 0.336 e. The van der Waals surface area contributed by atoms with Gasteiger partial charge in [-0.2, -0.15) is 0 Å². The van der Waals surface area contributed by atoms with Gasteiger partial charge in [-0.15, -0.1) is 0 Å². The minimum atomic E-state index is -1.12. The fraction of sp³-hybridized carbons (Fsp3) is 0.250. The number of imide groups is 1. The third kappa shape index (κ3) is 1.92. The van der Waals surface area contributed by atoms with Crippen molar-refractivity contribution in [1.29, 1.82) is 0 Å². The molecule has 0 aliphatic carbocycles. The summed E-state index contributed by atoms with van der Waals surface area (Å²) in [6, 6.07) is 3.26. The minimum Gasteiger partial charge on any atom is -0.478 e. The molecule has 2 rings (SSSR count). The van der Waals surface area contributed by atoms with Gasteiger partial charge in [-0.25, -0.2) is 9.59 Å². The van der Waals surface area contributed by atoms with Crippen LogP contribution in [0.25, 0.3) is 0 Å². The molecule has 0 bridgehead atoms. The molecular formula is C12H12N2O4. The van der Waals surface area contributed by atoms with E-state index in [-0.39, 0.29) is 5.56 Å². The van der Waals surface area contributed by atoms with Crippen molar-refractivity contribution in [3.05, 3.63) is 34.9 Å². The number of aromatic carboxylic acids is 1. The highest BCUT2D eigenvalue weighted by molar-refractivity contribution is 6.06. The molecule has 3 amide bonds. The van der Waals surface area contributed by atoms with Gasteiger partial charge in [0.15, 0.2) is 0 Å². The Hall–Kier alpha value is -2.37. The molecule has 94 valence electrons. The lowest BCUT2D eigenvalue weighted by Crippen LogP contribution is -2.24. The molecule has 1 unspecified atom stereocenters. The molecular weight excluding hydrogens is 236 g/mol. The highest BCUT2D eigenvalue weighted by Crippen LogP contribution is 2.25. The molecule has 1 heterocycles. The van der Waals surface area contributed by atoms with E-state index in [2.05, 4.69) is 10.6 Å². The second kappa shape index (κ2) is 4.48. The Morgan fingerprint density at radius 2 is 2.11 bits per heavy atom. The number of rotatable bonds is 3. The van der Waals surface area contributed by atoms with E-state index < -0.39 is 23.9 Å². The summed E-state index contributed by atoms with van der Waals surface area (Å²) in [5.74, 6) is -1.64. The average molecular weight is 248 g/mol. The fourth-order valence-electron chi connectivity index (χ4n) is 2.07. The zero-order chi connectivity index (χ0) is 13.3. The van der Waals surface area contributed by atoms with E-state index in [1.807, 2.05) is 6.92 Å². The van der Waals surface area contributed by atoms with Crippen LogP contribution in [0.1, 0.15) is 34.5 Å². The summed E-state index contributed by atoms with van der Waals surface area (Å²) in [5, 5.41) is 13.7. The van der Waals surface area contributed by atoms with Crippen LogP contribution in [0.2, 0.25) is 0 Å². The Bertz CT molecular complexity index is 539. The standard InChI is InChI=1S/C12H12N2O4/c1-2-6-4-3-5-7(11(16)17)8(6)9-10(15)14-12(18)13-9/h3-5,9H,2H2,1H3,(H,16,17)(H2,13,14,15,18). The second-order valence-corrected chi connectivity index (χ2v) is 3.93. The molecule has 1 aromatic rings. The van der Waals surface area contributed by atoms with Gasteiger partial charge in [0.25, 0.3) is 5.91 Å². The zero-order valence-corrected chi connectivity index (χ0v) is 9.69. The summed E-state index contributed by atoms with van der Waals surface area (Å²) in [5.41, 5.74) is 1.13. The van der Waals surface area contributed by atoms with Crippen LogP contribution < -0.4 is 10.6 Å². The number of hydrogen-bond acceptors (Lipinski definition) is 3. The van der Waals surface area contributed by atoms with Crippen LogP contribution in [0.15, 0.2) is 18.2 Å². The van der Waals surface area contributed by atoms with Crippen molar-refractivity contribution in [2.24, 2.45) is 0 Å². The van der Waals surface area contributed by atoms with Crippen molar-refractivity contribution in [2.75, 3.05) is 0 Å². The molecule has 1 fully saturated rings. The van der Waals surface area contributed by atoms with Crippen molar-refractivity contribution in [3.63, 3.8) is 0 Å². The molecule has 1 aliphatic heterocycles. The molecule has 1 atom stereocenters. The summed E-state index contributed by atoms with van der Waals surface area (Å²) in [6.07, 6.45) is 0.579. The molecule has 0 aromatic heterocycles. The van der Waals surface area contributed by atoms with Crippen LogP contribution in [0.5, 0.6) is 0 Å². The van der Waals surface area contributed by atoms with E-state index in [0.29, 0.717) is 12.0 Å². The van der Waals surface area contributed by atoms with Crippen molar-refractivity contribution < 1.29 is 19.5 Å². The molecule has 0 radical (unpaired) electrons. The Kier molecular flexibility index (Phi) is 3.01. The first kappa shape index (κ1) is 12.1. The predicted octanol–water partition coefficient (Wildman–Crippen LogP) is 0.828. The summed E-state index contributed by atoms with van der Waals surface area (Å²) in [7, 11) is 0. The smallest absolute Gasteiger partial charge is 0.336 e. The maximum atomic E-state index is 11.6. The van der Waals surface area contributed by atoms with Crippen LogP contribution in [-0.2, 0) is 11.2 Å². The lowest BCUT2D eigenvalue weighted by molar-refractivity contribution is -0.120. The van der Waals surface area contributed by atoms with Gasteiger partial charge >= 0.3 is 12.0 Å². The van der Waals surface area contributed by atoms with Gasteiger partial charge < -0.3 is 10.4 Å². The SMILES string of the molecule is CCc1cccc(C(=O)O)c1C1NC(=O)NC1=O. The molecule has 6 nitrogen and oxygen atoms in total. The summed E-state index contributed by atoms with van der Waals surface area (Å²) < 4.78 is 0. The van der Waals surface area contributed by atoms with Gasteiger partial charge in [0.2, 0.25) is 0 Å². The van der Waals surface area contributed by atoms with Crippen molar-refractivity contribution >= 4 is 17.9 Å². The first-order valence-corrected chi connectivity index (χ1v) is 5.51. The minimum absolute atomic E-state index is 0.0386. The van der Waals surface area contributed by atoms with Gasteiger partial charge in [-0.3, -0.25) is 10.1 Å². The van der Waals surface area contributed by atoms with E-state index >= 15 is 0 Å². The summed E-state index contributed by atoms with van der Waals surface area (Å²) in [6.45, 7) is 1.86. The number of carboxylic acid groups (broad SMARTS) is 1. The summed E-state index contributed by atoms with van der Waals surface area (Å²) in [4.78, 5) is 34.0. The molecule has 18 heavy (non-hydrogen) atoms. The predicted molar refractivity (Wildman–Crippen MR) is 62.2 cm³/mol. The molecule has 1 saturated heterocycles. The van der Waals surface area contributed by atoms with E-state index in [4.69, 9.17) is 5.11 Å². The molecule has 0 spiro atoms. The lowest BCUT2D eigenvalue weighted by atomic mass is 9.93. The number of carboxylic acids is 1. The van der Waals surface area contributed by atoms with Crippen molar-refractivity contribution in [2.45, 2.75) is 19.4 Å². The lowest BCUT2D eigenvalue weighted by Gasteiger charge is -2.15. The molecule has 6 heteroatoms.